The quantitative estimate of drug-likeness (QED) is 0.637. The van der Waals surface area contributed by atoms with Gasteiger partial charge in [-0.25, -0.2) is 0 Å². The largest absolute Gasteiger partial charge is 0.492 e. The predicted octanol–water partition coefficient (Wildman–Crippen LogP) is 4.56. The van der Waals surface area contributed by atoms with Crippen molar-refractivity contribution in [2.75, 3.05) is 19.7 Å². The molecule has 4 rings (SSSR count). The van der Waals surface area contributed by atoms with E-state index in [0.29, 0.717) is 0 Å². The van der Waals surface area contributed by atoms with Crippen molar-refractivity contribution in [3.8, 4) is 5.75 Å². The van der Waals surface area contributed by atoms with E-state index < -0.39 is 0 Å². The highest BCUT2D eigenvalue weighted by molar-refractivity contribution is 9.10. The standard InChI is InChI=1S/C21H23BrN2O/c22-18-7-2-4-9-21(18)25-15-5-14-24-19-8-3-1-6-16(19)17-10-12-23-13-11-20(17)24/h1-4,6-9,23H,5,10-15H2. The molecule has 0 fully saturated rings. The molecule has 2 aromatic carbocycles. The van der Waals surface area contributed by atoms with E-state index in [1.807, 2.05) is 24.3 Å². The molecule has 25 heavy (non-hydrogen) atoms. The first-order valence-corrected chi connectivity index (χ1v) is 9.81. The summed E-state index contributed by atoms with van der Waals surface area (Å²) in [5.74, 6) is 0.919. The molecule has 1 aliphatic rings. The molecule has 1 N–H and O–H groups in total. The normalized spacial score (nSPS) is 14.3. The number of nitrogens with zero attached hydrogens (tertiary/aromatic N) is 1. The van der Waals surface area contributed by atoms with Crippen LogP contribution in [0.25, 0.3) is 10.9 Å². The molecule has 2 heterocycles. The zero-order valence-electron chi connectivity index (χ0n) is 14.3. The van der Waals surface area contributed by atoms with Crippen LogP contribution in [0.3, 0.4) is 0 Å². The van der Waals surface area contributed by atoms with Gasteiger partial charge in [0.05, 0.1) is 11.1 Å². The summed E-state index contributed by atoms with van der Waals surface area (Å²) < 4.78 is 9.47. The average Bonchev–Trinajstić information content (AvgIpc) is 2.78. The van der Waals surface area contributed by atoms with Gasteiger partial charge in [-0.05, 0) is 59.1 Å². The number of halogens is 1. The minimum absolute atomic E-state index is 0.724. The van der Waals surface area contributed by atoms with Crippen LogP contribution in [-0.2, 0) is 19.4 Å². The van der Waals surface area contributed by atoms with Crippen LogP contribution >= 0.6 is 15.9 Å². The molecule has 0 unspecified atom stereocenters. The van der Waals surface area contributed by atoms with Crippen molar-refractivity contribution in [3.63, 3.8) is 0 Å². The molecule has 0 spiro atoms. The Kier molecular flexibility index (Phi) is 5.09. The van der Waals surface area contributed by atoms with Crippen LogP contribution in [0.4, 0.5) is 0 Å². The van der Waals surface area contributed by atoms with Gasteiger partial charge in [-0.2, -0.15) is 0 Å². The minimum Gasteiger partial charge on any atom is -0.492 e. The number of aryl methyl sites for hydroxylation is 1. The topological polar surface area (TPSA) is 26.2 Å². The first-order chi connectivity index (χ1) is 12.3. The molecule has 4 heteroatoms. The van der Waals surface area contributed by atoms with Crippen LogP contribution in [0.5, 0.6) is 5.75 Å². The van der Waals surface area contributed by atoms with Crippen molar-refractivity contribution in [1.29, 1.82) is 0 Å². The SMILES string of the molecule is Brc1ccccc1OCCCn1c2c(c3ccccc31)CCNCC2. The second kappa shape index (κ2) is 7.63. The van der Waals surface area contributed by atoms with Crippen molar-refractivity contribution >= 4 is 26.8 Å². The Hall–Kier alpha value is -1.78. The van der Waals surface area contributed by atoms with Crippen molar-refractivity contribution in [2.24, 2.45) is 0 Å². The van der Waals surface area contributed by atoms with E-state index in [9.17, 15) is 0 Å². The summed E-state index contributed by atoms with van der Waals surface area (Å²) in [6.45, 7) is 3.87. The van der Waals surface area contributed by atoms with Gasteiger partial charge in [-0.1, -0.05) is 30.3 Å². The molecule has 1 aromatic heterocycles. The van der Waals surface area contributed by atoms with E-state index in [0.717, 1.165) is 55.7 Å². The Balaban J connectivity index is 1.51. The summed E-state index contributed by atoms with van der Waals surface area (Å²) in [6.07, 6.45) is 3.23. The first kappa shape index (κ1) is 16.7. The zero-order valence-corrected chi connectivity index (χ0v) is 15.9. The van der Waals surface area contributed by atoms with Crippen molar-refractivity contribution in [2.45, 2.75) is 25.8 Å². The van der Waals surface area contributed by atoms with E-state index in [1.54, 1.807) is 0 Å². The molecule has 0 aliphatic carbocycles. The van der Waals surface area contributed by atoms with Gasteiger partial charge in [0.1, 0.15) is 5.75 Å². The second-order valence-corrected chi connectivity index (χ2v) is 7.33. The fourth-order valence-electron chi connectivity index (χ4n) is 3.76. The third kappa shape index (κ3) is 3.46. The Labute approximate surface area is 157 Å². The lowest BCUT2D eigenvalue weighted by Gasteiger charge is -2.12. The summed E-state index contributed by atoms with van der Waals surface area (Å²) in [5.41, 5.74) is 4.41. The van der Waals surface area contributed by atoms with Crippen LogP contribution in [-0.4, -0.2) is 24.3 Å². The first-order valence-electron chi connectivity index (χ1n) is 9.01. The van der Waals surface area contributed by atoms with Crippen LogP contribution < -0.4 is 10.1 Å². The van der Waals surface area contributed by atoms with E-state index in [2.05, 4.69) is 50.1 Å². The molecule has 0 saturated carbocycles. The van der Waals surface area contributed by atoms with Crippen molar-refractivity contribution in [3.05, 3.63) is 64.3 Å². The number of aromatic nitrogens is 1. The molecule has 0 saturated heterocycles. The Morgan fingerprint density at radius 1 is 1.00 bits per heavy atom. The lowest BCUT2D eigenvalue weighted by atomic mass is 10.1. The Morgan fingerprint density at radius 3 is 2.72 bits per heavy atom. The minimum atomic E-state index is 0.724. The van der Waals surface area contributed by atoms with Crippen LogP contribution in [0, 0.1) is 0 Å². The maximum absolute atomic E-state index is 5.94. The van der Waals surface area contributed by atoms with Gasteiger partial charge in [-0.3, -0.25) is 0 Å². The molecule has 1 aliphatic heterocycles. The summed E-state index contributed by atoms with van der Waals surface area (Å²) >= 11 is 3.54. The molecule has 0 bridgehead atoms. The molecular weight excluding hydrogens is 376 g/mol. The second-order valence-electron chi connectivity index (χ2n) is 6.48. The van der Waals surface area contributed by atoms with Gasteiger partial charge >= 0.3 is 0 Å². The number of hydrogen-bond donors (Lipinski definition) is 1. The van der Waals surface area contributed by atoms with Gasteiger partial charge in [0, 0.05) is 36.1 Å². The molecule has 3 nitrogen and oxygen atoms in total. The van der Waals surface area contributed by atoms with E-state index in [4.69, 9.17) is 4.74 Å². The highest BCUT2D eigenvalue weighted by Gasteiger charge is 2.18. The van der Waals surface area contributed by atoms with Crippen LogP contribution in [0.2, 0.25) is 0 Å². The fraction of sp³-hybridized carbons (Fsp3) is 0.333. The number of fused-ring (bicyclic) bond motifs is 3. The number of benzene rings is 2. The molecule has 0 amide bonds. The molecule has 0 atom stereocenters. The lowest BCUT2D eigenvalue weighted by Crippen LogP contribution is -2.17. The summed E-state index contributed by atoms with van der Waals surface area (Å²) in [6, 6.07) is 16.9. The smallest absolute Gasteiger partial charge is 0.133 e. The molecule has 130 valence electrons. The fourth-order valence-corrected chi connectivity index (χ4v) is 4.16. The third-order valence-corrected chi connectivity index (χ3v) is 5.56. The van der Waals surface area contributed by atoms with Gasteiger partial charge in [0.2, 0.25) is 0 Å². The predicted molar refractivity (Wildman–Crippen MR) is 106 cm³/mol. The molecular formula is C21H23BrN2O. The summed E-state index contributed by atoms with van der Waals surface area (Å²) in [5, 5.41) is 4.95. The van der Waals surface area contributed by atoms with Gasteiger partial charge in [-0.15, -0.1) is 0 Å². The highest BCUT2D eigenvalue weighted by Crippen LogP contribution is 2.29. The number of para-hydroxylation sites is 2. The number of rotatable bonds is 5. The average molecular weight is 399 g/mol. The van der Waals surface area contributed by atoms with Crippen LogP contribution in [0.15, 0.2) is 53.0 Å². The van der Waals surface area contributed by atoms with Crippen molar-refractivity contribution < 1.29 is 4.74 Å². The van der Waals surface area contributed by atoms with Crippen LogP contribution in [0.1, 0.15) is 17.7 Å². The van der Waals surface area contributed by atoms with Crippen molar-refractivity contribution in [1.82, 2.24) is 9.88 Å². The Morgan fingerprint density at radius 2 is 1.80 bits per heavy atom. The van der Waals surface area contributed by atoms with Gasteiger partial charge in [0.15, 0.2) is 0 Å². The van der Waals surface area contributed by atoms with E-state index >= 15 is 0 Å². The van der Waals surface area contributed by atoms with E-state index in [1.165, 1.54) is 22.2 Å². The molecule has 3 aromatic rings. The highest BCUT2D eigenvalue weighted by atomic mass is 79.9. The number of ether oxygens (including phenoxy) is 1. The lowest BCUT2D eigenvalue weighted by molar-refractivity contribution is 0.300. The summed E-state index contributed by atoms with van der Waals surface area (Å²) in [7, 11) is 0. The van der Waals surface area contributed by atoms with Gasteiger partial charge < -0.3 is 14.6 Å². The molecule has 0 radical (unpaired) electrons. The zero-order chi connectivity index (χ0) is 17.1. The number of hydrogen-bond acceptors (Lipinski definition) is 2. The third-order valence-electron chi connectivity index (χ3n) is 4.90. The Bertz CT molecular complexity index is 871. The van der Waals surface area contributed by atoms with Gasteiger partial charge in [0.25, 0.3) is 0 Å². The summed E-state index contributed by atoms with van der Waals surface area (Å²) in [4.78, 5) is 0. The maximum atomic E-state index is 5.94. The van der Waals surface area contributed by atoms with E-state index in [-0.39, 0.29) is 0 Å². The maximum Gasteiger partial charge on any atom is 0.133 e. The monoisotopic (exact) mass is 398 g/mol. The number of nitrogens with one attached hydrogen (secondary N) is 1.